The molecule has 1 aromatic carbocycles. The number of hydrogen-bond acceptors (Lipinski definition) is 3. The number of rotatable bonds is 5. The topological polar surface area (TPSA) is 41.3 Å². The molecule has 1 aromatic rings. The van der Waals surface area contributed by atoms with Gasteiger partial charge in [-0.1, -0.05) is 11.6 Å². The second-order valence-electron chi connectivity index (χ2n) is 5.39. The molecule has 1 saturated heterocycles. The zero-order valence-corrected chi connectivity index (χ0v) is 12.4. The second kappa shape index (κ2) is 7.13. The summed E-state index contributed by atoms with van der Waals surface area (Å²) in [6.07, 6.45) is 3.48. The quantitative estimate of drug-likeness (QED) is 0.872. The smallest absolute Gasteiger partial charge is 0.0407 e. The van der Waals surface area contributed by atoms with E-state index in [4.69, 9.17) is 17.3 Å². The first-order valence-electron chi connectivity index (χ1n) is 7.15. The van der Waals surface area contributed by atoms with E-state index in [-0.39, 0.29) is 0 Å². The summed E-state index contributed by atoms with van der Waals surface area (Å²) in [6, 6.07) is 9.14. The van der Waals surface area contributed by atoms with E-state index in [1.165, 1.54) is 12.8 Å². The van der Waals surface area contributed by atoms with E-state index >= 15 is 0 Å². The van der Waals surface area contributed by atoms with Gasteiger partial charge in [0.2, 0.25) is 0 Å². The van der Waals surface area contributed by atoms with Gasteiger partial charge in [-0.3, -0.25) is 0 Å². The van der Waals surface area contributed by atoms with E-state index in [2.05, 4.69) is 17.1 Å². The minimum absolute atomic E-state index is 0.572. The SMILES string of the molecule is C[C@H](CCN)N1CCC(Nc2ccc(Cl)cc2)CC1. The summed E-state index contributed by atoms with van der Waals surface area (Å²) in [7, 11) is 0. The normalized spacial score (nSPS) is 19.3. The van der Waals surface area contributed by atoms with Gasteiger partial charge >= 0.3 is 0 Å². The van der Waals surface area contributed by atoms with Crippen molar-refractivity contribution in [3.8, 4) is 0 Å². The van der Waals surface area contributed by atoms with Crippen LogP contribution in [0.25, 0.3) is 0 Å². The van der Waals surface area contributed by atoms with Crippen molar-refractivity contribution < 1.29 is 0 Å². The molecule has 0 spiro atoms. The first kappa shape index (κ1) is 14.6. The predicted molar refractivity (Wildman–Crippen MR) is 82.8 cm³/mol. The van der Waals surface area contributed by atoms with E-state index in [0.717, 1.165) is 36.8 Å². The summed E-state index contributed by atoms with van der Waals surface area (Å²) in [5.74, 6) is 0. The van der Waals surface area contributed by atoms with E-state index in [0.29, 0.717) is 12.1 Å². The molecule has 4 heteroatoms. The average Bonchev–Trinajstić information content (AvgIpc) is 2.42. The molecule has 0 amide bonds. The fourth-order valence-electron chi connectivity index (χ4n) is 2.69. The lowest BCUT2D eigenvalue weighted by Crippen LogP contribution is -2.44. The van der Waals surface area contributed by atoms with Gasteiger partial charge in [-0.25, -0.2) is 0 Å². The maximum Gasteiger partial charge on any atom is 0.0407 e. The predicted octanol–water partition coefficient (Wildman–Crippen LogP) is 2.95. The molecular formula is C15H24ClN3. The fourth-order valence-corrected chi connectivity index (χ4v) is 2.82. The summed E-state index contributed by atoms with van der Waals surface area (Å²) in [5.41, 5.74) is 6.79. The molecule has 1 aliphatic rings. The van der Waals surface area contributed by atoms with Crippen molar-refractivity contribution in [2.45, 2.75) is 38.3 Å². The van der Waals surface area contributed by atoms with Crippen LogP contribution in [0.4, 0.5) is 5.69 Å². The maximum absolute atomic E-state index is 5.89. The number of nitrogens with zero attached hydrogens (tertiary/aromatic N) is 1. The minimum Gasteiger partial charge on any atom is -0.382 e. The minimum atomic E-state index is 0.572. The van der Waals surface area contributed by atoms with Gasteiger partial charge in [-0.2, -0.15) is 0 Å². The van der Waals surface area contributed by atoms with E-state index in [1.54, 1.807) is 0 Å². The van der Waals surface area contributed by atoms with Crippen LogP contribution in [-0.4, -0.2) is 36.6 Å². The molecule has 0 aromatic heterocycles. The molecule has 0 unspecified atom stereocenters. The van der Waals surface area contributed by atoms with Gasteiger partial charge in [-0.05, 0) is 57.0 Å². The largest absolute Gasteiger partial charge is 0.382 e. The van der Waals surface area contributed by atoms with Crippen LogP contribution in [0.5, 0.6) is 0 Å². The molecule has 1 aliphatic heterocycles. The van der Waals surface area contributed by atoms with Crippen molar-refractivity contribution >= 4 is 17.3 Å². The molecule has 1 heterocycles. The van der Waals surface area contributed by atoms with Crippen LogP contribution in [0, 0.1) is 0 Å². The number of nitrogens with one attached hydrogen (secondary N) is 1. The molecule has 106 valence electrons. The molecule has 0 radical (unpaired) electrons. The third kappa shape index (κ3) is 4.37. The highest BCUT2D eigenvalue weighted by Gasteiger charge is 2.22. The Balaban J connectivity index is 1.78. The van der Waals surface area contributed by atoms with E-state index in [9.17, 15) is 0 Å². The summed E-state index contributed by atoms with van der Waals surface area (Å²) < 4.78 is 0. The Kier molecular flexibility index (Phi) is 5.49. The van der Waals surface area contributed by atoms with Crippen LogP contribution < -0.4 is 11.1 Å². The third-order valence-corrected chi connectivity index (χ3v) is 4.20. The van der Waals surface area contributed by atoms with Crippen molar-refractivity contribution in [2.75, 3.05) is 25.0 Å². The fraction of sp³-hybridized carbons (Fsp3) is 0.600. The second-order valence-corrected chi connectivity index (χ2v) is 5.82. The number of hydrogen-bond donors (Lipinski definition) is 2. The van der Waals surface area contributed by atoms with Gasteiger partial charge in [-0.15, -0.1) is 0 Å². The Bertz CT molecular complexity index is 371. The summed E-state index contributed by atoms with van der Waals surface area (Å²) in [4.78, 5) is 2.55. The van der Waals surface area contributed by atoms with Gasteiger partial charge in [0.1, 0.15) is 0 Å². The van der Waals surface area contributed by atoms with Crippen LogP contribution in [0.2, 0.25) is 5.02 Å². The lowest BCUT2D eigenvalue weighted by Gasteiger charge is -2.36. The van der Waals surface area contributed by atoms with Gasteiger partial charge in [0.05, 0.1) is 0 Å². The Morgan fingerprint density at radius 2 is 1.95 bits per heavy atom. The number of anilines is 1. The average molecular weight is 282 g/mol. The molecule has 19 heavy (non-hydrogen) atoms. The first-order chi connectivity index (χ1) is 9.19. The molecule has 3 N–H and O–H groups in total. The van der Waals surface area contributed by atoms with Crippen LogP contribution in [-0.2, 0) is 0 Å². The number of nitrogens with two attached hydrogens (primary N) is 1. The molecule has 3 nitrogen and oxygen atoms in total. The van der Waals surface area contributed by atoms with E-state index < -0.39 is 0 Å². The van der Waals surface area contributed by atoms with Crippen molar-refractivity contribution in [2.24, 2.45) is 5.73 Å². The molecule has 0 aliphatic carbocycles. The number of piperidine rings is 1. The van der Waals surface area contributed by atoms with Gasteiger partial charge < -0.3 is 16.0 Å². The summed E-state index contributed by atoms with van der Waals surface area (Å²) in [6.45, 7) is 5.38. The first-order valence-corrected chi connectivity index (χ1v) is 7.53. The molecule has 0 bridgehead atoms. The maximum atomic E-state index is 5.89. The highest BCUT2D eigenvalue weighted by Crippen LogP contribution is 2.20. The van der Waals surface area contributed by atoms with Gasteiger partial charge in [0, 0.05) is 35.9 Å². The summed E-state index contributed by atoms with van der Waals surface area (Å²) >= 11 is 5.89. The molecule has 1 atom stereocenters. The number of benzene rings is 1. The number of likely N-dealkylation sites (tertiary alicyclic amines) is 1. The highest BCUT2D eigenvalue weighted by molar-refractivity contribution is 6.30. The highest BCUT2D eigenvalue weighted by atomic mass is 35.5. The monoisotopic (exact) mass is 281 g/mol. The van der Waals surface area contributed by atoms with Gasteiger partial charge in [0.15, 0.2) is 0 Å². The Labute approximate surface area is 121 Å². The van der Waals surface area contributed by atoms with Crippen LogP contribution >= 0.6 is 11.6 Å². The molecule has 2 rings (SSSR count). The van der Waals surface area contributed by atoms with Crippen LogP contribution in [0.3, 0.4) is 0 Å². The summed E-state index contributed by atoms with van der Waals surface area (Å²) in [5, 5.41) is 4.38. The lowest BCUT2D eigenvalue weighted by molar-refractivity contribution is 0.161. The van der Waals surface area contributed by atoms with Crippen molar-refractivity contribution in [3.05, 3.63) is 29.3 Å². The zero-order valence-electron chi connectivity index (χ0n) is 11.6. The van der Waals surface area contributed by atoms with E-state index in [1.807, 2.05) is 24.3 Å². The standard InChI is InChI=1S/C15H24ClN3/c1-12(6-9-17)19-10-7-15(8-11-19)18-14-4-2-13(16)3-5-14/h2-5,12,15,18H,6-11,17H2,1H3/t12-/m1/s1. The van der Waals surface area contributed by atoms with Gasteiger partial charge in [0.25, 0.3) is 0 Å². The lowest BCUT2D eigenvalue weighted by atomic mass is 10.0. The molecule has 0 saturated carbocycles. The van der Waals surface area contributed by atoms with Crippen LogP contribution in [0.15, 0.2) is 24.3 Å². The molecular weight excluding hydrogens is 258 g/mol. The third-order valence-electron chi connectivity index (χ3n) is 3.95. The zero-order chi connectivity index (χ0) is 13.7. The number of halogens is 1. The Hall–Kier alpha value is -0.770. The molecule has 1 fully saturated rings. The van der Waals surface area contributed by atoms with Crippen molar-refractivity contribution in [3.63, 3.8) is 0 Å². The van der Waals surface area contributed by atoms with Crippen molar-refractivity contribution in [1.82, 2.24) is 4.90 Å². The van der Waals surface area contributed by atoms with Crippen molar-refractivity contribution in [1.29, 1.82) is 0 Å². The van der Waals surface area contributed by atoms with Crippen LogP contribution in [0.1, 0.15) is 26.2 Å². The Morgan fingerprint density at radius 1 is 1.32 bits per heavy atom. The Morgan fingerprint density at radius 3 is 2.53 bits per heavy atom.